The molecule has 2 aromatic rings. The Morgan fingerprint density at radius 1 is 1.63 bits per heavy atom. The Morgan fingerprint density at radius 2 is 2.47 bits per heavy atom. The molecule has 0 aliphatic rings. The largest absolute Gasteiger partial charge is 0.351 e. The van der Waals surface area contributed by atoms with Gasteiger partial charge >= 0.3 is 0 Å². The number of rotatable bonds is 3. The van der Waals surface area contributed by atoms with Gasteiger partial charge in [0.25, 0.3) is 5.91 Å². The maximum absolute atomic E-state index is 11.9. The second-order valence-corrected chi connectivity index (χ2v) is 4.84. The molecule has 98 valence electrons. The molecule has 0 unspecified atom stereocenters. The highest BCUT2D eigenvalue weighted by atomic mass is 32.1. The first kappa shape index (κ1) is 13.3. The molecule has 0 aromatic carbocycles. The van der Waals surface area contributed by atoms with Crippen LogP contribution in [0.25, 0.3) is 0 Å². The van der Waals surface area contributed by atoms with E-state index in [1.165, 1.54) is 6.20 Å². The summed E-state index contributed by atoms with van der Waals surface area (Å²) in [5, 5.41) is 5.47. The van der Waals surface area contributed by atoms with E-state index < -0.39 is 0 Å². The average molecular weight is 275 g/mol. The van der Waals surface area contributed by atoms with Crippen molar-refractivity contribution in [3.05, 3.63) is 39.9 Å². The van der Waals surface area contributed by atoms with Gasteiger partial charge in [-0.3, -0.25) is 4.79 Å². The molecule has 0 aliphatic carbocycles. The van der Waals surface area contributed by atoms with Gasteiger partial charge in [0, 0.05) is 28.9 Å². The van der Waals surface area contributed by atoms with Crippen molar-refractivity contribution in [3.63, 3.8) is 0 Å². The highest BCUT2D eigenvalue weighted by molar-refractivity contribution is 7.10. The van der Waals surface area contributed by atoms with Crippen molar-refractivity contribution in [1.29, 1.82) is 0 Å². The maximum Gasteiger partial charge on any atom is 0.292 e. The molecule has 5 nitrogen and oxygen atoms in total. The smallest absolute Gasteiger partial charge is 0.292 e. The lowest BCUT2D eigenvalue weighted by Gasteiger charge is -2.13. The van der Waals surface area contributed by atoms with E-state index in [0.29, 0.717) is 13.1 Å². The lowest BCUT2D eigenvalue weighted by Crippen LogP contribution is -2.25. The van der Waals surface area contributed by atoms with Gasteiger partial charge in [-0.2, -0.15) is 0 Å². The van der Waals surface area contributed by atoms with Crippen molar-refractivity contribution in [1.82, 2.24) is 10.1 Å². The van der Waals surface area contributed by atoms with Crippen molar-refractivity contribution < 1.29 is 9.32 Å². The maximum atomic E-state index is 11.9. The summed E-state index contributed by atoms with van der Waals surface area (Å²) in [7, 11) is 1.72. The number of carbonyl (C=O) groups is 1. The van der Waals surface area contributed by atoms with Gasteiger partial charge in [-0.05, 0) is 6.07 Å². The highest BCUT2D eigenvalue weighted by Crippen LogP contribution is 2.16. The molecule has 0 saturated carbocycles. The number of nitrogens with two attached hydrogens (primary N) is 1. The minimum atomic E-state index is -0.194. The molecule has 0 atom stereocenters. The molecule has 0 fully saturated rings. The molecule has 6 heteroatoms. The predicted octanol–water partition coefficient (Wildman–Crippen LogP) is 1.32. The fourth-order valence-corrected chi connectivity index (χ4v) is 2.37. The van der Waals surface area contributed by atoms with Crippen molar-refractivity contribution in [2.45, 2.75) is 6.54 Å². The number of nitrogens with zero attached hydrogens (tertiary/aromatic N) is 2. The van der Waals surface area contributed by atoms with Crippen LogP contribution in [0.5, 0.6) is 0 Å². The number of hydrogen-bond acceptors (Lipinski definition) is 5. The number of thiophene rings is 1. The third-order valence-corrected chi connectivity index (χ3v) is 3.30. The molecular weight excluding hydrogens is 262 g/mol. The van der Waals surface area contributed by atoms with Gasteiger partial charge in [-0.25, -0.2) is 0 Å². The first-order valence-electron chi connectivity index (χ1n) is 5.63. The molecule has 0 saturated heterocycles. The molecule has 0 spiro atoms. The number of aromatic nitrogens is 1. The van der Waals surface area contributed by atoms with E-state index in [9.17, 15) is 4.79 Å². The van der Waals surface area contributed by atoms with Crippen LogP contribution in [0.2, 0.25) is 0 Å². The van der Waals surface area contributed by atoms with Gasteiger partial charge in [0.05, 0.1) is 19.3 Å². The van der Waals surface area contributed by atoms with Crippen LogP contribution in [-0.2, 0) is 6.54 Å². The van der Waals surface area contributed by atoms with Gasteiger partial charge in [-0.1, -0.05) is 17.0 Å². The van der Waals surface area contributed by atoms with Gasteiger partial charge in [-0.15, -0.1) is 11.3 Å². The number of amides is 1. The summed E-state index contributed by atoms with van der Waals surface area (Å²) < 4.78 is 4.84. The number of carbonyl (C=O) groups excluding carboxylic acids is 1. The average Bonchev–Trinajstić information content (AvgIpc) is 3.06. The summed E-state index contributed by atoms with van der Waals surface area (Å²) in [6, 6.07) is 3.50. The van der Waals surface area contributed by atoms with E-state index in [4.69, 9.17) is 10.3 Å². The lowest BCUT2D eigenvalue weighted by atomic mass is 10.3. The fourth-order valence-electron chi connectivity index (χ4n) is 1.50. The molecule has 2 N–H and O–H groups in total. The van der Waals surface area contributed by atoms with E-state index in [1.807, 2.05) is 11.4 Å². The van der Waals surface area contributed by atoms with Crippen LogP contribution in [-0.4, -0.2) is 29.6 Å². The predicted molar refractivity (Wildman–Crippen MR) is 72.6 cm³/mol. The van der Waals surface area contributed by atoms with Crippen LogP contribution in [0.15, 0.2) is 28.2 Å². The van der Waals surface area contributed by atoms with Crippen LogP contribution >= 0.6 is 11.3 Å². The topological polar surface area (TPSA) is 72.4 Å². The van der Waals surface area contributed by atoms with E-state index in [-0.39, 0.29) is 11.7 Å². The summed E-state index contributed by atoms with van der Waals surface area (Å²) in [5.41, 5.74) is 6.24. The molecule has 0 bridgehead atoms. The fraction of sp³-hybridized carbons (Fsp3) is 0.231. The summed E-state index contributed by atoms with van der Waals surface area (Å²) >= 11 is 1.56. The monoisotopic (exact) mass is 275 g/mol. The van der Waals surface area contributed by atoms with Crippen LogP contribution in [0.1, 0.15) is 21.0 Å². The van der Waals surface area contributed by atoms with Crippen molar-refractivity contribution in [2.75, 3.05) is 13.6 Å². The normalized spacial score (nSPS) is 9.79. The molecule has 2 rings (SSSR count). The SMILES string of the molecule is CN(Cc1cc(C#CCN)cs1)C(=O)c1ccno1. The van der Waals surface area contributed by atoms with Gasteiger partial charge in [0.1, 0.15) is 0 Å². The standard InChI is InChI=1S/C13H13N3O2S/c1-16(13(17)12-4-6-15-18-12)8-11-7-10(9-19-11)3-2-5-14/h4,6-7,9H,5,8,14H2,1H3. The molecule has 1 amide bonds. The third kappa shape index (κ3) is 3.44. The van der Waals surface area contributed by atoms with Crippen molar-refractivity contribution in [3.8, 4) is 11.8 Å². The Kier molecular flexibility index (Phi) is 4.34. The molecule has 0 radical (unpaired) electrons. The second-order valence-electron chi connectivity index (χ2n) is 3.85. The Balaban J connectivity index is 2.01. The van der Waals surface area contributed by atoms with E-state index in [2.05, 4.69) is 17.0 Å². The van der Waals surface area contributed by atoms with Gasteiger partial charge in [0.15, 0.2) is 0 Å². The van der Waals surface area contributed by atoms with Crippen LogP contribution in [0.3, 0.4) is 0 Å². The zero-order valence-corrected chi connectivity index (χ0v) is 11.2. The van der Waals surface area contributed by atoms with Crippen LogP contribution in [0, 0.1) is 11.8 Å². The zero-order valence-electron chi connectivity index (χ0n) is 10.4. The molecular formula is C13H13N3O2S. The molecule has 0 aliphatic heterocycles. The molecule has 2 aromatic heterocycles. The highest BCUT2D eigenvalue weighted by Gasteiger charge is 2.16. The van der Waals surface area contributed by atoms with Crippen molar-refractivity contribution >= 4 is 17.2 Å². The first-order chi connectivity index (χ1) is 9.20. The summed E-state index contributed by atoms with van der Waals surface area (Å²) in [6.45, 7) is 0.851. The number of hydrogen-bond donors (Lipinski definition) is 1. The Morgan fingerprint density at radius 3 is 3.16 bits per heavy atom. The Bertz CT molecular complexity index is 607. The minimum absolute atomic E-state index is 0.194. The Labute approximate surface area is 115 Å². The summed E-state index contributed by atoms with van der Waals surface area (Å²) in [5.74, 6) is 5.80. The van der Waals surface area contributed by atoms with E-state index >= 15 is 0 Å². The second kappa shape index (κ2) is 6.18. The van der Waals surface area contributed by atoms with Gasteiger partial charge in [0.2, 0.25) is 5.76 Å². The van der Waals surface area contributed by atoms with E-state index in [0.717, 1.165) is 10.4 Å². The van der Waals surface area contributed by atoms with Gasteiger partial charge < -0.3 is 15.2 Å². The first-order valence-corrected chi connectivity index (χ1v) is 6.51. The summed E-state index contributed by atoms with van der Waals surface area (Å²) in [4.78, 5) is 14.6. The van der Waals surface area contributed by atoms with Crippen molar-refractivity contribution in [2.24, 2.45) is 5.73 Å². The lowest BCUT2D eigenvalue weighted by molar-refractivity contribution is 0.0745. The van der Waals surface area contributed by atoms with E-state index in [1.54, 1.807) is 29.4 Å². The zero-order chi connectivity index (χ0) is 13.7. The van der Waals surface area contributed by atoms with Crippen LogP contribution < -0.4 is 5.73 Å². The minimum Gasteiger partial charge on any atom is -0.351 e. The quantitative estimate of drug-likeness (QED) is 0.857. The molecule has 19 heavy (non-hydrogen) atoms. The van der Waals surface area contributed by atoms with Crippen LogP contribution in [0.4, 0.5) is 0 Å². The molecule has 2 heterocycles. The Hall–Kier alpha value is -2.10. The summed E-state index contributed by atoms with van der Waals surface area (Å²) in [6.07, 6.45) is 1.45. The third-order valence-electron chi connectivity index (χ3n) is 2.38.